The van der Waals surface area contributed by atoms with Crippen LogP contribution in [0.3, 0.4) is 0 Å². The number of hydrogen-bond donors (Lipinski definition) is 2. The van der Waals surface area contributed by atoms with Gasteiger partial charge in [0, 0.05) is 17.5 Å². The molecule has 142 valence electrons. The van der Waals surface area contributed by atoms with Gasteiger partial charge >= 0.3 is 0 Å². The first kappa shape index (κ1) is 17.9. The summed E-state index contributed by atoms with van der Waals surface area (Å²) in [6.45, 7) is 1.99. The van der Waals surface area contributed by atoms with Crippen LogP contribution in [-0.2, 0) is 0 Å². The molecule has 1 aromatic heterocycles. The number of aromatic amines is 1. The number of hydrogen-bond acceptors (Lipinski definition) is 3. The Morgan fingerprint density at radius 3 is 2.54 bits per heavy atom. The monoisotopic (exact) mass is 374 g/mol. The number of H-pyrrole nitrogens is 1. The average molecular weight is 374 g/mol. The molecule has 5 heteroatoms. The predicted molar refractivity (Wildman–Crippen MR) is 111 cm³/mol. The van der Waals surface area contributed by atoms with Gasteiger partial charge in [0.25, 0.3) is 5.91 Å². The summed E-state index contributed by atoms with van der Waals surface area (Å²) in [5.41, 5.74) is 2.36. The lowest BCUT2D eigenvalue weighted by Crippen LogP contribution is -2.27. The van der Waals surface area contributed by atoms with Gasteiger partial charge in [0.2, 0.25) is 0 Å². The normalized spacial score (nSPS) is 12.1. The molecular weight excluding hydrogens is 352 g/mol. The van der Waals surface area contributed by atoms with Crippen LogP contribution in [0.2, 0.25) is 0 Å². The molecule has 0 aliphatic carbocycles. The molecular formula is C23H22N2O3. The Bertz CT molecular complexity index is 1160. The fourth-order valence-electron chi connectivity index (χ4n) is 3.57. The Morgan fingerprint density at radius 1 is 0.964 bits per heavy atom. The van der Waals surface area contributed by atoms with Gasteiger partial charge in [-0.15, -0.1) is 0 Å². The van der Waals surface area contributed by atoms with Gasteiger partial charge in [-0.05, 0) is 29.3 Å². The number of carbonyl (C=O) groups excluding carboxylic acids is 1. The van der Waals surface area contributed by atoms with E-state index in [0.717, 1.165) is 27.2 Å². The summed E-state index contributed by atoms with van der Waals surface area (Å²) < 4.78 is 10.7. The van der Waals surface area contributed by atoms with Crippen molar-refractivity contribution in [1.82, 2.24) is 10.3 Å². The zero-order valence-electron chi connectivity index (χ0n) is 16.1. The maximum atomic E-state index is 12.9. The third-order valence-corrected chi connectivity index (χ3v) is 5.01. The van der Waals surface area contributed by atoms with Crippen molar-refractivity contribution in [2.75, 3.05) is 14.2 Å². The Hall–Kier alpha value is -3.47. The molecule has 0 radical (unpaired) electrons. The van der Waals surface area contributed by atoms with Crippen LogP contribution in [0, 0.1) is 0 Å². The van der Waals surface area contributed by atoms with E-state index in [-0.39, 0.29) is 11.9 Å². The van der Waals surface area contributed by atoms with Crippen molar-refractivity contribution in [3.63, 3.8) is 0 Å². The highest BCUT2D eigenvalue weighted by Crippen LogP contribution is 2.32. The van der Waals surface area contributed by atoms with E-state index in [4.69, 9.17) is 9.47 Å². The summed E-state index contributed by atoms with van der Waals surface area (Å²) in [6, 6.07) is 19.6. The van der Waals surface area contributed by atoms with E-state index in [2.05, 4.69) is 28.5 Å². The molecule has 0 fully saturated rings. The SMILES string of the molecule is COc1cc(OC)c2cc(C(=O)N[C@H](C)c3cccc4ccccc34)[nH]c2c1. The molecule has 1 amide bonds. The van der Waals surface area contributed by atoms with Crippen molar-refractivity contribution >= 4 is 27.6 Å². The second-order valence-corrected chi connectivity index (χ2v) is 6.74. The van der Waals surface area contributed by atoms with Gasteiger partial charge in [-0.25, -0.2) is 0 Å². The van der Waals surface area contributed by atoms with Crippen molar-refractivity contribution in [2.45, 2.75) is 13.0 Å². The van der Waals surface area contributed by atoms with E-state index >= 15 is 0 Å². The Balaban J connectivity index is 1.64. The number of aromatic nitrogens is 1. The van der Waals surface area contributed by atoms with Crippen LogP contribution < -0.4 is 14.8 Å². The van der Waals surface area contributed by atoms with E-state index in [1.165, 1.54) is 0 Å². The van der Waals surface area contributed by atoms with Crippen LogP contribution >= 0.6 is 0 Å². The van der Waals surface area contributed by atoms with E-state index in [0.29, 0.717) is 17.2 Å². The molecule has 4 rings (SSSR count). The Kier molecular flexibility index (Phi) is 4.65. The van der Waals surface area contributed by atoms with Gasteiger partial charge in [-0.3, -0.25) is 4.79 Å². The lowest BCUT2D eigenvalue weighted by atomic mass is 9.99. The number of nitrogens with one attached hydrogen (secondary N) is 2. The second-order valence-electron chi connectivity index (χ2n) is 6.74. The molecule has 0 bridgehead atoms. The zero-order chi connectivity index (χ0) is 19.7. The smallest absolute Gasteiger partial charge is 0.268 e. The van der Waals surface area contributed by atoms with Crippen molar-refractivity contribution in [1.29, 1.82) is 0 Å². The summed E-state index contributed by atoms with van der Waals surface area (Å²) in [6.07, 6.45) is 0. The predicted octanol–water partition coefficient (Wildman–Crippen LogP) is 4.83. The highest BCUT2D eigenvalue weighted by molar-refractivity contribution is 6.00. The number of amides is 1. The first-order valence-electron chi connectivity index (χ1n) is 9.14. The van der Waals surface area contributed by atoms with Crippen LogP contribution in [0.25, 0.3) is 21.7 Å². The first-order chi connectivity index (χ1) is 13.6. The van der Waals surface area contributed by atoms with E-state index in [1.54, 1.807) is 26.4 Å². The molecule has 5 nitrogen and oxygen atoms in total. The number of benzene rings is 3. The van der Waals surface area contributed by atoms with Crippen molar-refractivity contribution in [3.05, 3.63) is 71.9 Å². The minimum atomic E-state index is -0.169. The Labute approximate surface area is 163 Å². The molecule has 1 heterocycles. The first-order valence-corrected chi connectivity index (χ1v) is 9.14. The van der Waals surface area contributed by atoms with E-state index in [1.807, 2.05) is 37.3 Å². The van der Waals surface area contributed by atoms with Gasteiger partial charge in [-0.1, -0.05) is 42.5 Å². The highest BCUT2D eigenvalue weighted by Gasteiger charge is 2.17. The van der Waals surface area contributed by atoms with Crippen LogP contribution in [-0.4, -0.2) is 25.1 Å². The quantitative estimate of drug-likeness (QED) is 0.526. The van der Waals surface area contributed by atoms with Gasteiger partial charge in [0.05, 0.1) is 25.8 Å². The van der Waals surface area contributed by atoms with Crippen molar-refractivity contribution in [2.24, 2.45) is 0 Å². The standard InChI is InChI=1S/C23H22N2O3/c1-14(17-10-6-8-15-7-4-5-9-18(15)17)24-23(26)21-13-19-20(25-21)11-16(27-2)12-22(19)28-3/h4-14,25H,1-3H3,(H,24,26)/t14-/m1/s1. The lowest BCUT2D eigenvalue weighted by molar-refractivity contribution is 0.0936. The molecule has 0 saturated carbocycles. The van der Waals surface area contributed by atoms with Gasteiger partial charge in [-0.2, -0.15) is 0 Å². The van der Waals surface area contributed by atoms with Crippen molar-refractivity contribution in [3.8, 4) is 11.5 Å². The van der Waals surface area contributed by atoms with Crippen LogP contribution in [0.1, 0.15) is 29.0 Å². The fourth-order valence-corrected chi connectivity index (χ4v) is 3.57. The van der Waals surface area contributed by atoms with Crippen LogP contribution in [0.15, 0.2) is 60.7 Å². The lowest BCUT2D eigenvalue weighted by Gasteiger charge is -2.16. The van der Waals surface area contributed by atoms with Gasteiger partial charge in [0.1, 0.15) is 17.2 Å². The molecule has 0 spiro atoms. The summed E-state index contributed by atoms with van der Waals surface area (Å²) in [5.74, 6) is 1.16. The molecule has 0 aliphatic heterocycles. The Morgan fingerprint density at radius 2 is 1.75 bits per heavy atom. The molecule has 3 aromatic carbocycles. The highest BCUT2D eigenvalue weighted by atomic mass is 16.5. The molecule has 28 heavy (non-hydrogen) atoms. The minimum Gasteiger partial charge on any atom is -0.497 e. The third-order valence-electron chi connectivity index (χ3n) is 5.01. The molecule has 4 aromatic rings. The number of fused-ring (bicyclic) bond motifs is 2. The minimum absolute atomic E-state index is 0.138. The van der Waals surface area contributed by atoms with E-state index < -0.39 is 0 Å². The van der Waals surface area contributed by atoms with Gasteiger partial charge in [0.15, 0.2) is 0 Å². The number of rotatable bonds is 5. The average Bonchev–Trinajstić information content (AvgIpc) is 3.16. The molecule has 2 N–H and O–H groups in total. The molecule has 0 aliphatic rings. The fraction of sp³-hybridized carbons (Fsp3) is 0.174. The number of carbonyl (C=O) groups is 1. The maximum absolute atomic E-state index is 12.9. The summed E-state index contributed by atoms with van der Waals surface area (Å²) in [4.78, 5) is 16.0. The molecule has 0 unspecified atom stereocenters. The number of ether oxygens (including phenoxy) is 2. The summed E-state index contributed by atoms with van der Waals surface area (Å²) in [7, 11) is 3.20. The summed E-state index contributed by atoms with van der Waals surface area (Å²) >= 11 is 0. The summed E-state index contributed by atoms with van der Waals surface area (Å²) in [5, 5.41) is 6.22. The van der Waals surface area contributed by atoms with Crippen molar-refractivity contribution < 1.29 is 14.3 Å². The van der Waals surface area contributed by atoms with Gasteiger partial charge < -0.3 is 19.8 Å². The molecule has 0 saturated heterocycles. The van der Waals surface area contributed by atoms with Crippen LogP contribution in [0.5, 0.6) is 11.5 Å². The molecule has 1 atom stereocenters. The van der Waals surface area contributed by atoms with Crippen LogP contribution in [0.4, 0.5) is 0 Å². The van der Waals surface area contributed by atoms with E-state index in [9.17, 15) is 4.79 Å². The zero-order valence-corrected chi connectivity index (χ0v) is 16.1. The second kappa shape index (κ2) is 7.27. The number of methoxy groups -OCH3 is 2. The maximum Gasteiger partial charge on any atom is 0.268 e. The third kappa shape index (κ3) is 3.16. The topological polar surface area (TPSA) is 63.4 Å². The largest absolute Gasteiger partial charge is 0.497 e.